The van der Waals surface area contributed by atoms with Gasteiger partial charge in [0.05, 0.1) is 27.1 Å². The van der Waals surface area contributed by atoms with Crippen molar-refractivity contribution in [1.29, 1.82) is 0 Å². The molecule has 4 heterocycles. The summed E-state index contributed by atoms with van der Waals surface area (Å²) in [6.07, 6.45) is 3.29. The summed E-state index contributed by atoms with van der Waals surface area (Å²) in [5.41, 5.74) is 9.33. The standard InChI is InChI=1S/C28H29B2ClFN7O3/c1-5-39-24-15-9-20(26(34-10-15)35-13-42-27(40)22(33)14(2)3)41-12-16-8-17(32)6-7-18(16)23-19(11-38(4)36-23)28(29,30)21(24)25(31)37-39/h6-11,14,22H,5,12-13,33H2,1-4H3,(H,34,35). The second kappa shape index (κ2) is 11.4. The highest BCUT2D eigenvalue weighted by molar-refractivity contribution is 6.45. The van der Waals surface area contributed by atoms with Crippen molar-refractivity contribution in [2.24, 2.45) is 18.7 Å². The highest BCUT2D eigenvalue weighted by Gasteiger charge is 2.36. The third-order valence-corrected chi connectivity index (χ3v) is 7.44. The van der Waals surface area contributed by atoms with Crippen LogP contribution in [0.25, 0.3) is 22.5 Å². The lowest BCUT2D eigenvalue weighted by molar-refractivity contribution is -0.145. The van der Waals surface area contributed by atoms with Crippen LogP contribution < -0.4 is 15.8 Å². The molecule has 4 aromatic rings. The second-order valence-corrected chi connectivity index (χ2v) is 10.8. The highest BCUT2D eigenvalue weighted by atomic mass is 35.5. The minimum absolute atomic E-state index is 0.0519. The molecule has 4 radical (unpaired) electrons. The number of hydrogen-bond acceptors (Lipinski definition) is 8. The topological polar surface area (TPSA) is 122 Å². The maximum absolute atomic E-state index is 14.5. The average molecular weight is 588 g/mol. The van der Waals surface area contributed by atoms with Gasteiger partial charge in [0.25, 0.3) is 0 Å². The largest absolute Gasteiger partial charge is 0.485 e. The Labute approximate surface area is 250 Å². The van der Waals surface area contributed by atoms with Gasteiger partial charge in [0.15, 0.2) is 23.5 Å². The number of pyridine rings is 1. The molecule has 0 saturated heterocycles. The molecule has 0 spiro atoms. The number of benzene rings is 1. The fraction of sp³-hybridized carbons (Fsp3) is 0.357. The number of ether oxygens (including phenoxy) is 2. The number of nitrogens with one attached hydrogen (secondary N) is 1. The zero-order chi connectivity index (χ0) is 30.3. The number of aromatic nitrogens is 5. The number of aryl methyl sites for hydroxylation is 2. The fourth-order valence-electron chi connectivity index (χ4n) is 4.88. The SMILES string of the molecule is [B]C1([B])c2cn(C)nc2-c2ccc(F)cc2COc2cc(cnc2NCOC(=O)C(N)C(C)C)-c2c1c(Cl)nn2CC. The molecule has 1 atom stereocenters. The lowest BCUT2D eigenvalue weighted by Gasteiger charge is -2.28. The number of carbonyl (C=O) groups excluding carboxylic acids is 1. The number of nitrogens with two attached hydrogens (primary N) is 1. The number of anilines is 1. The van der Waals surface area contributed by atoms with Crippen molar-refractivity contribution in [1.82, 2.24) is 24.5 Å². The second-order valence-electron chi connectivity index (χ2n) is 10.5. The first-order valence-corrected chi connectivity index (χ1v) is 13.8. The lowest BCUT2D eigenvalue weighted by Crippen LogP contribution is -2.37. The van der Waals surface area contributed by atoms with Crippen LogP contribution in [0.5, 0.6) is 5.75 Å². The summed E-state index contributed by atoms with van der Waals surface area (Å²) < 4.78 is 29.3. The Hall–Kier alpha value is -3.83. The molecule has 214 valence electrons. The van der Waals surface area contributed by atoms with E-state index in [9.17, 15) is 9.18 Å². The fourth-order valence-corrected chi connectivity index (χ4v) is 5.21. The van der Waals surface area contributed by atoms with Crippen molar-refractivity contribution in [2.75, 3.05) is 12.0 Å². The van der Waals surface area contributed by atoms with Crippen molar-refractivity contribution in [3.63, 3.8) is 0 Å². The van der Waals surface area contributed by atoms with E-state index in [0.717, 1.165) is 0 Å². The number of rotatable bonds is 6. The number of nitrogens with zero attached hydrogens (tertiary/aromatic N) is 5. The molecular formula is C28H29B2ClFN7O3. The molecule has 0 fully saturated rings. The summed E-state index contributed by atoms with van der Waals surface area (Å²) in [7, 11) is 15.6. The summed E-state index contributed by atoms with van der Waals surface area (Å²) in [5.74, 6) is -0.530. The van der Waals surface area contributed by atoms with Gasteiger partial charge in [-0.2, -0.15) is 10.2 Å². The van der Waals surface area contributed by atoms with Crippen molar-refractivity contribution < 1.29 is 18.7 Å². The van der Waals surface area contributed by atoms with Gasteiger partial charge >= 0.3 is 5.97 Å². The normalized spacial score (nSPS) is 14.5. The van der Waals surface area contributed by atoms with E-state index in [1.54, 1.807) is 40.9 Å². The van der Waals surface area contributed by atoms with Crippen LogP contribution in [-0.2, 0) is 34.9 Å². The van der Waals surface area contributed by atoms with Gasteiger partial charge in [0.2, 0.25) is 0 Å². The van der Waals surface area contributed by atoms with Gasteiger partial charge in [-0.25, -0.2) is 9.37 Å². The molecule has 0 amide bonds. The molecule has 2 bridgehead atoms. The predicted octanol–water partition coefficient (Wildman–Crippen LogP) is 3.48. The van der Waals surface area contributed by atoms with Crippen LogP contribution in [0.15, 0.2) is 36.7 Å². The van der Waals surface area contributed by atoms with Gasteiger partial charge < -0.3 is 20.5 Å². The molecule has 3 aromatic heterocycles. The van der Waals surface area contributed by atoms with Crippen LogP contribution in [-0.4, -0.2) is 59.0 Å². The molecule has 5 rings (SSSR count). The van der Waals surface area contributed by atoms with E-state index in [1.807, 2.05) is 20.8 Å². The minimum Gasteiger partial charge on any atom is -0.485 e. The average Bonchev–Trinajstić information content (AvgIpc) is 3.51. The van der Waals surface area contributed by atoms with Crippen LogP contribution in [0, 0.1) is 11.7 Å². The Morgan fingerprint density at radius 2 is 2.07 bits per heavy atom. The maximum atomic E-state index is 14.5. The summed E-state index contributed by atoms with van der Waals surface area (Å²) in [5, 5.41) is 10.6. The number of carbonyl (C=O) groups is 1. The molecular weight excluding hydrogens is 558 g/mol. The van der Waals surface area contributed by atoms with Crippen LogP contribution >= 0.6 is 11.6 Å². The third kappa shape index (κ3) is 5.38. The molecule has 0 aliphatic carbocycles. The molecule has 1 aliphatic heterocycles. The molecule has 14 heteroatoms. The summed E-state index contributed by atoms with van der Waals surface area (Å²) in [4.78, 5) is 16.8. The summed E-state index contributed by atoms with van der Waals surface area (Å²) in [6, 6.07) is 5.25. The van der Waals surface area contributed by atoms with Gasteiger partial charge in [0.1, 0.15) is 18.5 Å². The monoisotopic (exact) mass is 587 g/mol. The molecule has 3 N–H and O–H groups in total. The highest BCUT2D eigenvalue weighted by Crippen LogP contribution is 2.44. The number of hydrogen-bond donors (Lipinski definition) is 2. The summed E-state index contributed by atoms with van der Waals surface area (Å²) >= 11 is 6.71. The van der Waals surface area contributed by atoms with Gasteiger partial charge in [-0.15, -0.1) is 0 Å². The van der Waals surface area contributed by atoms with Crippen LogP contribution in [0.3, 0.4) is 0 Å². The van der Waals surface area contributed by atoms with E-state index in [1.165, 1.54) is 12.1 Å². The van der Waals surface area contributed by atoms with Crippen molar-refractivity contribution in [3.05, 3.63) is 64.3 Å². The molecule has 10 nitrogen and oxygen atoms in total. The third-order valence-electron chi connectivity index (χ3n) is 7.17. The van der Waals surface area contributed by atoms with E-state index in [2.05, 4.69) is 20.5 Å². The zero-order valence-electron chi connectivity index (χ0n) is 23.7. The van der Waals surface area contributed by atoms with Gasteiger partial charge in [-0.1, -0.05) is 25.4 Å². The van der Waals surface area contributed by atoms with Crippen LogP contribution in [0.4, 0.5) is 10.2 Å². The van der Waals surface area contributed by atoms with Gasteiger partial charge in [-0.3, -0.25) is 14.2 Å². The van der Waals surface area contributed by atoms with Crippen molar-refractivity contribution in [2.45, 2.75) is 45.2 Å². The zero-order valence-corrected chi connectivity index (χ0v) is 24.4. The lowest BCUT2D eigenvalue weighted by atomic mass is 9.47. The van der Waals surface area contributed by atoms with E-state index >= 15 is 0 Å². The quantitative estimate of drug-likeness (QED) is 0.200. The Kier molecular flexibility index (Phi) is 8.08. The molecule has 42 heavy (non-hydrogen) atoms. The van der Waals surface area contributed by atoms with E-state index < -0.39 is 23.0 Å². The minimum atomic E-state index is -1.66. The number of esters is 1. The van der Waals surface area contributed by atoms with Crippen LogP contribution in [0.2, 0.25) is 5.15 Å². The first-order valence-electron chi connectivity index (χ1n) is 13.4. The molecule has 1 aromatic carbocycles. The Balaban J connectivity index is 1.67. The van der Waals surface area contributed by atoms with E-state index in [-0.39, 0.29) is 30.2 Å². The van der Waals surface area contributed by atoms with Gasteiger partial charge in [-0.05, 0) is 47.9 Å². The van der Waals surface area contributed by atoms with Crippen molar-refractivity contribution >= 4 is 39.1 Å². The molecule has 1 unspecified atom stereocenters. The van der Waals surface area contributed by atoms with Crippen molar-refractivity contribution in [3.8, 4) is 28.3 Å². The Morgan fingerprint density at radius 3 is 2.79 bits per heavy atom. The van der Waals surface area contributed by atoms with Gasteiger partial charge in [0, 0.05) is 48.2 Å². The molecule has 0 saturated carbocycles. The van der Waals surface area contributed by atoms with Crippen LogP contribution in [0.1, 0.15) is 37.5 Å². The summed E-state index contributed by atoms with van der Waals surface area (Å²) in [6.45, 7) is 5.76. The maximum Gasteiger partial charge on any atom is 0.324 e. The van der Waals surface area contributed by atoms with E-state index in [4.69, 9.17) is 42.5 Å². The smallest absolute Gasteiger partial charge is 0.324 e. The number of fused-ring (bicyclic) bond motifs is 7. The van der Waals surface area contributed by atoms with E-state index in [0.29, 0.717) is 51.5 Å². The number of halogens is 2. The molecule has 1 aliphatic rings. The predicted molar refractivity (Wildman–Crippen MR) is 159 cm³/mol. The Morgan fingerprint density at radius 1 is 1.31 bits per heavy atom. The Bertz CT molecular complexity index is 1660. The first kappa shape index (κ1) is 29.7. The first-order chi connectivity index (χ1) is 19.9.